The molecule has 0 saturated heterocycles. The number of pyridine rings is 1. The number of halogens is 1. The van der Waals surface area contributed by atoms with Crippen molar-refractivity contribution in [1.29, 1.82) is 0 Å². The number of aryl methyl sites for hydroxylation is 1. The van der Waals surface area contributed by atoms with Gasteiger partial charge >= 0.3 is 0 Å². The summed E-state index contributed by atoms with van der Waals surface area (Å²) in [4.78, 5) is 21.9. The Balaban J connectivity index is 1.44. The molecular formula is C24H24FN7O. The van der Waals surface area contributed by atoms with Crippen LogP contribution in [0.1, 0.15) is 61.6 Å². The van der Waals surface area contributed by atoms with E-state index in [4.69, 9.17) is 1.37 Å². The van der Waals surface area contributed by atoms with Gasteiger partial charge in [0.1, 0.15) is 23.7 Å². The van der Waals surface area contributed by atoms with Gasteiger partial charge in [0, 0.05) is 19.5 Å². The number of imidazole rings is 1. The predicted octanol–water partition coefficient (Wildman–Crippen LogP) is 4.68. The second kappa shape index (κ2) is 8.23. The van der Waals surface area contributed by atoms with Crippen molar-refractivity contribution in [1.82, 2.24) is 29.3 Å². The molecule has 9 heteroatoms. The van der Waals surface area contributed by atoms with Crippen molar-refractivity contribution in [3.63, 3.8) is 0 Å². The largest absolute Gasteiger partial charge is 0.310 e. The lowest BCUT2D eigenvalue weighted by Crippen LogP contribution is -2.16. The number of carbonyl (C=O) groups is 1. The molecular weight excluding hydrogens is 421 g/mol. The Bertz CT molecular complexity index is 1360. The predicted molar refractivity (Wildman–Crippen MR) is 122 cm³/mol. The van der Waals surface area contributed by atoms with Gasteiger partial charge < -0.3 is 14.5 Å². The molecule has 168 valence electrons. The lowest BCUT2D eigenvalue weighted by atomic mass is 10.1. The third-order valence-corrected chi connectivity index (χ3v) is 5.64. The van der Waals surface area contributed by atoms with E-state index in [1.54, 1.807) is 35.4 Å². The molecule has 0 spiro atoms. The molecule has 1 N–H and O–H groups in total. The highest BCUT2D eigenvalue weighted by atomic mass is 19.1. The Kier molecular flexibility index (Phi) is 4.93. The van der Waals surface area contributed by atoms with Crippen LogP contribution < -0.4 is 5.32 Å². The minimum Gasteiger partial charge on any atom is -0.310 e. The van der Waals surface area contributed by atoms with E-state index in [-0.39, 0.29) is 24.3 Å². The molecule has 1 fully saturated rings. The van der Waals surface area contributed by atoms with Crippen LogP contribution in [0.15, 0.2) is 49.2 Å². The van der Waals surface area contributed by atoms with E-state index in [0.717, 1.165) is 18.5 Å². The summed E-state index contributed by atoms with van der Waals surface area (Å²) >= 11 is 0. The molecule has 1 amide bonds. The zero-order valence-corrected chi connectivity index (χ0v) is 18.4. The van der Waals surface area contributed by atoms with Gasteiger partial charge in [0.25, 0.3) is 5.91 Å². The first-order valence-corrected chi connectivity index (χ1v) is 10.8. The minimum absolute atomic E-state index is 0.120. The molecule has 0 unspecified atom stereocenters. The van der Waals surface area contributed by atoms with E-state index in [0.29, 0.717) is 28.7 Å². The molecule has 3 aromatic heterocycles. The van der Waals surface area contributed by atoms with Gasteiger partial charge in [0.05, 0.1) is 23.3 Å². The van der Waals surface area contributed by atoms with Crippen molar-refractivity contribution in [3.8, 4) is 17.2 Å². The highest BCUT2D eigenvalue weighted by Gasteiger charge is 2.26. The summed E-state index contributed by atoms with van der Waals surface area (Å²) in [6.07, 6.45) is 7.39. The van der Waals surface area contributed by atoms with Gasteiger partial charge in [-0.25, -0.2) is 14.4 Å². The first-order chi connectivity index (χ1) is 16.4. The molecule has 1 aromatic carbocycles. The lowest BCUT2D eigenvalue weighted by Gasteiger charge is -2.12. The van der Waals surface area contributed by atoms with Crippen LogP contribution in [0.3, 0.4) is 0 Å². The quantitative estimate of drug-likeness (QED) is 0.464. The summed E-state index contributed by atoms with van der Waals surface area (Å²) in [5, 5.41) is 10.8. The Labute approximate surface area is 191 Å². The zero-order chi connectivity index (χ0) is 23.8. The second-order valence-electron chi connectivity index (χ2n) is 8.46. The van der Waals surface area contributed by atoms with Crippen molar-refractivity contribution >= 4 is 11.7 Å². The molecule has 0 aliphatic heterocycles. The number of nitrogens with one attached hydrogen (secondary N) is 1. The summed E-state index contributed by atoms with van der Waals surface area (Å²) < 4.78 is 26.3. The number of benzene rings is 1. The maximum absolute atomic E-state index is 14.9. The Morgan fingerprint density at radius 2 is 2.12 bits per heavy atom. The number of amides is 1. The number of carbonyl (C=O) groups excluding carboxylic acids is 1. The van der Waals surface area contributed by atoms with E-state index >= 15 is 0 Å². The molecule has 4 aromatic rings. The molecule has 33 heavy (non-hydrogen) atoms. The van der Waals surface area contributed by atoms with Crippen LogP contribution in [0.4, 0.5) is 10.2 Å². The van der Waals surface area contributed by atoms with Crippen molar-refractivity contribution in [2.45, 2.75) is 45.5 Å². The van der Waals surface area contributed by atoms with Crippen LogP contribution in [0.2, 0.25) is 0 Å². The fourth-order valence-corrected chi connectivity index (χ4v) is 3.69. The standard InChI is InChI=1S/C24H24FN7O/c1-14(2)32-13-27-30-23(32)19-5-4-6-22(28-19)29-24(33)17-10-21(15(3)9-18(17)25)31-11-20(26-12-31)16-7-8-16/h4-6,9-14,16H,7-8H2,1-3H3,(H,28,29,33)/i3D. The number of anilines is 1. The summed E-state index contributed by atoms with van der Waals surface area (Å²) in [6, 6.07) is 7.99. The number of hydrogen-bond donors (Lipinski definition) is 1. The fourth-order valence-electron chi connectivity index (χ4n) is 3.69. The van der Waals surface area contributed by atoms with Crippen LogP contribution >= 0.6 is 0 Å². The van der Waals surface area contributed by atoms with Crippen molar-refractivity contribution in [3.05, 3.63) is 71.8 Å². The summed E-state index contributed by atoms with van der Waals surface area (Å²) in [6.45, 7) is 3.89. The topological polar surface area (TPSA) is 90.5 Å². The maximum atomic E-state index is 14.9. The monoisotopic (exact) mass is 446 g/mol. The third-order valence-electron chi connectivity index (χ3n) is 5.64. The lowest BCUT2D eigenvalue weighted by molar-refractivity contribution is 0.102. The maximum Gasteiger partial charge on any atom is 0.259 e. The van der Waals surface area contributed by atoms with Crippen molar-refractivity contribution in [2.75, 3.05) is 5.32 Å². The minimum atomic E-state index is -0.693. The van der Waals surface area contributed by atoms with Gasteiger partial charge in [0.15, 0.2) is 5.82 Å². The number of rotatable bonds is 6. The van der Waals surface area contributed by atoms with Crippen molar-refractivity contribution in [2.24, 2.45) is 0 Å². The van der Waals surface area contributed by atoms with Crippen LogP contribution in [-0.4, -0.2) is 35.2 Å². The molecule has 3 heterocycles. The smallest absolute Gasteiger partial charge is 0.259 e. The van der Waals surface area contributed by atoms with Crippen LogP contribution in [0.5, 0.6) is 0 Å². The van der Waals surface area contributed by atoms with Crippen molar-refractivity contribution < 1.29 is 10.6 Å². The molecule has 0 bridgehead atoms. The third kappa shape index (κ3) is 4.13. The zero-order valence-electron chi connectivity index (χ0n) is 19.4. The van der Waals surface area contributed by atoms with Gasteiger partial charge in [-0.2, -0.15) is 0 Å². The SMILES string of the molecule is [2H]Cc1cc(F)c(C(=O)Nc2cccc(-c3nncn3C(C)C)n2)cc1-n1cnc(C2CC2)c1. The van der Waals surface area contributed by atoms with E-state index in [9.17, 15) is 9.18 Å². The molecule has 0 radical (unpaired) electrons. The first kappa shape index (κ1) is 19.8. The average molecular weight is 447 g/mol. The normalized spacial score (nSPS) is 13.9. The molecule has 5 rings (SSSR count). The molecule has 8 nitrogen and oxygen atoms in total. The Hall–Kier alpha value is -3.88. The molecule has 1 saturated carbocycles. The average Bonchev–Trinajstić information content (AvgIpc) is 3.34. The molecule has 1 aliphatic carbocycles. The van der Waals surface area contributed by atoms with Gasteiger partial charge in [-0.3, -0.25) is 4.79 Å². The molecule has 1 aliphatic rings. The Morgan fingerprint density at radius 1 is 1.27 bits per heavy atom. The van der Waals surface area contributed by atoms with E-state index < -0.39 is 11.7 Å². The number of aromatic nitrogens is 6. The highest BCUT2D eigenvalue weighted by Crippen LogP contribution is 2.39. The first-order valence-electron chi connectivity index (χ1n) is 11.5. The van der Waals surface area contributed by atoms with Gasteiger partial charge in [-0.15, -0.1) is 10.2 Å². The van der Waals surface area contributed by atoms with E-state index in [1.807, 2.05) is 24.6 Å². The van der Waals surface area contributed by atoms with Gasteiger partial charge in [0.2, 0.25) is 0 Å². The number of hydrogen-bond acceptors (Lipinski definition) is 5. The van der Waals surface area contributed by atoms with Gasteiger partial charge in [-0.1, -0.05) is 6.07 Å². The second-order valence-corrected chi connectivity index (χ2v) is 8.46. The summed E-state index contributed by atoms with van der Waals surface area (Å²) in [7, 11) is 0. The fraction of sp³-hybridized carbons (Fsp3) is 0.292. The van der Waals surface area contributed by atoms with Crippen LogP contribution in [0, 0.1) is 12.7 Å². The summed E-state index contributed by atoms with van der Waals surface area (Å²) in [5.41, 5.74) is 2.42. The number of nitrogens with zero attached hydrogens (tertiary/aromatic N) is 6. The summed E-state index contributed by atoms with van der Waals surface area (Å²) in [5.74, 6) is -0.0193. The molecule has 0 atom stereocenters. The van der Waals surface area contributed by atoms with E-state index in [1.165, 1.54) is 12.1 Å². The highest BCUT2D eigenvalue weighted by molar-refractivity contribution is 6.04. The Morgan fingerprint density at radius 3 is 2.88 bits per heavy atom. The van der Waals surface area contributed by atoms with E-state index in [2.05, 4.69) is 25.5 Å². The van der Waals surface area contributed by atoms with Gasteiger partial charge in [-0.05, 0) is 63.4 Å². The van der Waals surface area contributed by atoms with Crippen LogP contribution in [0.25, 0.3) is 17.2 Å². The van der Waals surface area contributed by atoms with Crippen LogP contribution in [-0.2, 0) is 0 Å².